The van der Waals surface area contributed by atoms with Crippen LogP contribution in [-0.2, 0) is 0 Å². The van der Waals surface area contributed by atoms with Gasteiger partial charge in [0.1, 0.15) is 17.7 Å². The lowest BCUT2D eigenvalue weighted by Gasteiger charge is -2.38. The van der Waals surface area contributed by atoms with Gasteiger partial charge in [0.25, 0.3) is 5.91 Å². The Balaban J connectivity index is 1.94. The number of aromatic hydroxyl groups is 1. The molecule has 1 amide bonds. The largest absolute Gasteiger partial charge is 0.506 e. The lowest BCUT2D eigenvalue weighted by atomic mass is 10.0. The Bertz CT molecular complexity index is 1110. The fourth-order valence-corrected chi connectivity index (χ4v) is 4.80. The average Bonchev–Trinajstić information content (AvgIpc) is 2.65. The lowest BCUT2D eigenvalue weighted by Crippen LogP contribution is -2.43. The highest BCUT2D eigenvalue weighted by Gasteiger charge is 2.36. The van der Waals surface area contributed by atoms with E-state index in [1.165, 1.54) is 17.0 Å². The van der Waals surface area contributed by atoms with E-state index in [-0.39, 0.29) is 11.7 Å². The van der Waals surface area contributed by atoms with Gasteiger partial charge in [-0.25, -0.2) is 4.39 Å². The molecule has 8 heteroatoms. The van der Waals surface area contributed by atoms with Crippen molar-refractivity contribution in [1.29, 1.82) is 0 Å². The maximum absolute atomic E-state index is 13.9. The van der Waals surface area contributed by atoms with Gasteiger partial charge in [-0.1, -0.05) is 37.9 Å². The maximum Gasteiger partial charge on any atom is 0.262 e. The van der Waals surface area contributed by atoms with E-state index in [9.17, 15) is 14.3 Å². The Morgan fingerprint density at radius 2 is 1.79 bits per heavy atom. The van der Waals surface area contributed by atoms with Crippen LogP contribution in [0.4, 0.5) is 15.8 Å². The zero-order valence-corrected chi connectivity index (χ0v) is 18.8. The third kappa shape index (κ3) is 3.44. The van der Waals surface area contributed by atoms with Gasteiger partial charge in [0.2, 0.25) is 0 Å². The van der Waals surface area contributed by atoms with Crippen LogP contribution in [-0.4, -0.2) is 11.0 Å². The molecule has 1 aliphatic heterocycles. The molecule has 142 valence electrons. The van der Waals surface area contributed by atoms with Crippen LogP contribution in [0.15, 0.2) is 68.0 Å². The number of anilines is 2. The molecule has 1 heterocycles. The van der Waals surface area contributed by atoms with E-state index in [1.54, 1.807) is 36.4 Å². The smallest absolute Gasteiger partial charge is 0.262 e. The van der Waals surface area contributed by atoms with Gasteiger partial charge in [-0.3, -0.25) is 9.69 Å². The number of carbonyl (C=O) groups is 1. The summed E-state index contributed by atoms with van der Waals surface area (Å²) in [4.78, 5) is 14.8. The minimum Gasteiger partial charge on any atom is -0.506 e. The summed E-state index contributed by atoms with van der Waals surface area (Å²) in [6.45, 7) is 0. The van der Waals surface area contributed by atoms with Gasteiger partial charge in [-0.15, -0.1) is 0 Å². The quantitative estimate of drug-likeness (QED) is 0.365. The Morgan fingerprint density at radius 1 is 1.00 bits per heavy atom. The summed E-state index contributed by atoms with van der Waals surface area (Å²) in [7, 11) is 0. The first-order chi connectivity index (χ1) is 13.3. The number of nitrogens with zero attached hydrogens (tertiary/aromatic N) is 1. The molecule has 3 aromatic rings. The summed E-state index contributed by atoms with van der Waals surface area (Å²) < 4.78 is 15.9. The number of phenolic OH excluding ortho intramolecular Hbond substituents is 1. The van der Waals surface area contributed by atoms with Crippen LogP contribution in [0.3, 0.4) is 0 Å². The Hall–Kier alpha value is -1.90. The maximum atomic E-state index is 13.9. The topological polar surface area (TPSA) is 52.6 Å². The summed E-state index contributed by atoms with van der Waals surface area (Å²) in [5.41, 5.74) is 1.92. The molecule has 0 bridgehead atoms. The predicted octanol–water partition coefficient (Wildman–Crippen LogP) is 6.59. The summed E-state index contributed by atoms with van der Waals surface area (Å²) in [5, 5.41) is 13.9. The van der Waals surface area contributed by atoms with Crippen molar-refractivity contribution in [2.45, 2.75) is 6.17 Å². The minimum absolute atomic E-state index is 0.00420. The van der Waals surface area contributed by atoms with E-state index in [0.29, 0.717) is 27.0 Å². The third-order valence-corrected chi connectivity index (χ3v) is 5.98. The second-order valence-electron chi connectivity index (χ2n) is 6.22. The van der Waals surface area contributed by atoms with E-state index >= 15 is 0 Å². The van der Waals surface area contributed by atoms with Crippen molar-refractivity contribution in [1.82, 2.24) is 0 Å². The van der Waals surface area contributed by atoms with Crippen molar-refractivity contribution >= 4 is 65.1 Å². The number of halogens is 4. The SMILES string of the molecule is O=C1c2cc(Br)ccc2NC(c2cc(Br)cc(Br)c2O)N1c1cccc(F)c1. The van der Waals surface area contributed by atoms with Crippen molar-refractivity contribution < 1.29 is 14.3 Å². The summed E-state index contributed by atoms with van der Waals surface area (Å²) in [6, 6.07) is 14.6. The highest BCUT2D eigenvalue weighted by atomic mass is 79.9. The van der Waals surface area contributed by atoms with Crippen molar-refractivity contribution in [2.24, 2.45) is 0 Å². The molecule has 0 fully saturated rings. The molecule has 0 aliphatic carbocycles. The van der Waals surface area contributed by atoms with E-state index in [0.717, 1.165) is 8.95 Å². The minimum atomic E-state index is -0.739. The molecule has 4 rings (SSSR count). The number of rotatable bonds is 2. The highest BCUT2D eigenvalue weighted by Crippen LogP contribution is 2.43. The molecule has 2 N–H and O–H groups in total. The molecular weight excluding hydrogens is 559 g/mol. The highest BCUT2D eigenvalue weighted by molar-refractivity contribution is 9.11. The van der Waals surface area contributed by atoms with Crippen molar-refractivity contribution in [3.63, 3.8) is 0 Å². The Kier molecular flexibility index (Phi) is 5.20. The molecule has 0 spiro atoms. The lowest BCUT2D eigenvalue weighted by molar-refractivity contribution is 0.0974. The number of benzene rings is 3. The Morgan fingerprint density at radius 3 is 2.54 bits per heavy atom. The van der Waals surface area contributed by atoms with Gasteiger partial charge in [0, 0.05) is 25.9 Å². The predicted molar refractivity (Wildman–Crippen MR) is 117 cm³/mol. The van der Waals surface area contributed by atoms with Crippen LogP contribution in [0, 0.1) is 5.82 Å². The van der Waals surface area contributed by atoms with Crippen LogP contribution in [0.1, 0.15) is 22.1 Å². The first kappa shape index (κ1) is 19.4. The number of carbonyl (C=O) groups excluding carboxylic acids is 1. The van der Waals surface area contributed by atoms with Gasteiger partial charge >= 0.3 is 0 Å². The molecule has 0 radical (unpaired) electrons. The van der Waals surface area contributed by atoms with Crippen LogP contribution in [0.25, 0.3) is 0 Å². The van der Waals surface area contributed by atoms with Gasteiger partial charge in [-0.2, -0.15) is 0 Å². The van der Waals surface area contributed by atoms with Gasteiger partial charge in [0.05, 0.1) is 10.0 Å². The molecule has 1 aliphatic rings. The number of fused-ring (bicyclic) bond motifs is 1. The van der Waals surface area contributed by atoms with Crippen molar-refractivity contribution in [3.8, 4) is 5.75 Å². The monoisotopic (exact) mass is 568 g/mol. The molecule has 3 aromatic carbocycles. The van der Waals surface area contributed by atoms with Gasteiger partial charge in [0.15, 0.2) is 0 Å². The first-order valence-electron chi connectivity index (χ1n) is 8.18. The Labute approximate surface area is 185 Å². The normalized spacial score (nSPS) is 15.9. The fraction of sp³-hybridized carbons (Fsp3) is 0.0500. The van der Waals surface area contributed by atoms with E-state index in [1.807, 2.05) is 6.07 Å². The van der Waals surface area contributed by atoms with E-state index in [4.69, 9.17) is 0 Å². The standard InChI is InChI=1S/C20H12Br3FN2O2/c21-10-4-5-17-14(6-10)20(28)26(13-3-1-2-12(24)9-13)19(25-17)15-7-11(22)8-16(23)18(15)27/h1-9,19,25,27H. The van der Waals surface area contributed by atoms with Crippen molar-refractivity contribution in [3.05, 3.63) is 85.0 Å². The zero-order chi connectivity index (χ0) is 20.0. The average molecular weight is 571 g/mol. The number of phenols is 1. The molecule has 0 aromatic heterocycles. The molecule has 0 saturated carbocycles. The fourth-order valence-electron chi connectivity index (χ4n) is 3.18. The van der Waals surface area contributed by atoms with Crippen LogP contribution in [0.5, 0.6) is 5.75 Å². The van der Waals surface area contributed by atoms with E-state index in [2.05, 4.69) is 53.1 Å². The summed E-state index contributed by atoms with van der Waals surface area (Å²) in [5.74, 6) is -0.764. The first-order valence-corrected chi connectivity index (χ1v) is 10.6. The second-order valence-corrected chi connectivity index (χ2v) is 8.90. The van der Waals surface area contributed by atoms with E-state index < -0.39 is 12.0 Å². The van der Waals surface area contributed by atoms with Crippen molar-refractivity contribution in [2.75, 3.05) is 10.2 Å². The van der Waals surface area contributed by atoms with Crippen LogP contribution in [0.2, 0.25) is 0 Å². The molecule has 28 heavy (non-hydrogen) atoms. The zero-order valence-electron chi connectivity index (χ0n) is 14.1. The van der Waals surface area contributed by atoms with Crippen LogP contribution < -0.4 is 10.2 Å². The molecular formula is C20H12Br3FN2O2. The number of hydrogen-bond donors (Lipinski definition) is 2. The van der Waals surface area contributed by atoms with Crippen LogP contribution >= 0.6 is 47.8 Å². The number of hydrogen-bond acceptors (Lipinski definition) is 3. The number of amides is 1. The third-order valence-electron chi connectivity index (χ3n) is 4.42. The summed E-state index contributed by atoms with van der Waals surface area (Å²) >= 11 is 10.1. The molecule has 4 nitrogen and oxygen atoms in total. The molecule has 1 atom stereocenters. The number of nitrogens with one attached hydrogen (secondary N) is 1. The second kappa shape index (κ2) is 7.50. The van der Waals surface area contributed by atoms with Gasteiger partial charge < -0.3 is 10.4 Å². The molecule has 0 saturated heterocycles. The summed E-state index contributed by atoms with van der Waals surface area (Å²) in [6.07, 6.45) is -0.739. The van der Waals surface area contributed by atoms with Gasteiger partial charge in [-0.05, 0) is 64.5 Å². The molecule has 1 unspecified atom stereocenters.